The molecule has 2 aromatic carbocycles. The number of anilines is 2. The third-order valence-corrected chi connectivity index (χ3v) is 5.68. The molecular formula is C19H16ClN3O3S. The molecule has 1 atom stereocenters. The number of halogens is 1. The van der Waals surface area contributed by atoms with Crippen molar-refractivity contribution in [3.05, 3.63) is 47.5 Å². The predicted octanol–water partition coefficient (Wildman–Crippen LogP) is 3.95. The second-order valence-corrected chi connectivity index (χ2v) is 7.59. The maximum absolute atomic E-state index is 12.7. The number of carbonyl (C=O) groups excluding carboxylic acids is 2. The van der Waals surface area contributed by atoms with Gasteiger partial charge in [0.2, 0.25) is 11.8 Å². The monoisotopic (exact) mass is 401 g/mol. The van der Waals surface area contributed by atoms with Gasteiger partial charge in [-0.3, -0.25) is 9.59 Å². The fourth-order valence-electron chi connectivity index (χ4n) is 3.13. The highest BCUT2D eigenvalue weighted by Gasteiger charge is 2.38. The van der Waals surface area contributed by atoms with Gasteiger partial charge in [0.15, 0.2) is 5.13 Å². The Morgan fingerprint density at radius 1 is 1.30 bits per heavy atom. The summed E-state index contributed by atoms with van der Waals surface area (Å²) in [4.78, 5) is 31.4. The molecule has 2 heterocycles. The molecule has 27 heavy (non-hydrogen) atoms. The highest BCUT2D eigenvalue weighted by molar-refractivity contribution is 7.22. The van der Waals surface area contributed by atoms with Crippen LogP contribution in [0.25, 0.3) is 10.2 Å². The van der Waals surface area contributed by atoms with Gasteiger partial charge in [0.1, 0.15) is 17.2 Å². The molecule has 0 radical (unpaired) electrons. The molecule has 4 rings (SSSR count). The van der Waals surface area contributed by atoms with E-state index in [0.717, 1.165) is 10.4 Å². The molecule has 6 nitrogen and oxygen atoms in total. The van der Waals surface area contributed by atoms with E-state index in [4.69, 9.17) is 16.3 Å². The Morgan fingerprint density at radius 3 is 2.81 bits per heavy atom. The predicted molar refractivity (Wildman–Crippen MR) is 107 cm³/mol. The topological polar surface area (TPSA) is 71.5 Å². The Hall–Kier alpha value is -2.64. The Balaban J connectivity index is 1.50. The molecule has 8 heteroatoms. The fourth-order valence-corrected chi connectivity index (χ4v) is 4.15. The van der Waals surface area contributed by atoms with Crippen molar-refractivity contribution < 1.29 is 14.3 Å². The van der Waals surface area contributed by atoms with Gasteiger partial charge in [-0.15, -0.1) is 0 Å². The maximum atomic E-state index is 12.7. The van der Waals surface area contributed by atoms with E-state index >= 15 is 0 Å². The summed E-state index contributed by atoms with van der Waals surface area (Å²) in [5.41, 5.74) is 1.44. The van der Waals surface area contributed by atoms with E-state index in [1.807, 2.05) is 18.2 Å². The van der Waals surface area contributed by atoms with Gasteiger partial charge in [-0.2, -0.15) is 0 Å². The minimum Gasteiger partial charge on any atom is -0.494 e. The number of para-hydroxylation sites is 1. The number of hydrogen-bond donors (Lipinski definition) is 1. The van der Waals surface area contributed by atoms with E-state index in [1.54, 1.807) is 36.3 Å². The zero-order valence-corrected chi connectivity index (χ0v) is 16.0. The highest BCUT2D eigenvalue weighted by Crippen LogP contribution is 2.33. The molecule has 1 fully saturated rings. The average Bonchev–Trinajstić information content (AvgIpc) is 3.25. The van der Waals surface area contributed by atoms with Gasteiger partial charge in [0.05, 0.1) is 11.8 Å². The summed E-state index contributed by atoms with van der Waals surface area (Å²) >= 11 is 7.25. The van der Waals surface area contributed by atoms with Crippen LogP contribution in [0.4, 0.5) is 10.8 Å². The lowest BCUT2D eigenvalue weighted by Gasteiger charge is -2.16. The first-order valence-corrected chi connectivity index (χ1v) is 9.57. The standard InChI is InChI=1S/C19H16ClN3O3S/c1-26-14-3-2-4-15-16(14)21-19(27-15)22-17(24)13-9-10-23(18(13)25)12-7-5-11(20)6-8-12/h2-8,13H,9-10H2,1H3,(H,21,22,24). The SMILES string of the molecule is COc1cccc2sc(NC(=O)C3CCN(c4ccc(Cl)cc4)C3=O)nc12. The lowest BCUT2D eigenvalue weighted by Crippen LogP contribution is -2.33. The first-order chi connectivity index (χ1) is 13.1. The largest absolute Gasteiger partial charge is 0.494 e. The second-order valence-electron chi connectivity index (χ2n) is 6.12. The van der Waals surface area contributed by atoms with Crippen LogP contribution in [0.5, 0.6) is 5.75 Å². The van der Waals surface area contributed by atoms with Gasteiger partial charge in [0, 0.05) is 17.3 Å². The van der Waals surface area contributed by atoms with Gasteiger partial charge in [0.25, 0.3) is 0 Å². The van der Waals surface area contributed by atoms with E-state index < -0.39 is 5.92 Å². The molecule has 0 bridgehead atoms. The normalized spacial score (nSPS) is 16.7. The molecule has 0 aliphatic carbocycles. The van der Waals surface area contributed by atoms with Crippen molar-refractivity contribution >= 4 is 55.8 Å². The highest BCUT2D eigenvalue weighted by atomic mass is 35.5. The summed E-state index contributed by atoms with van der Waals surface area (Å²) in [5, 5.41) is 3.84. The minimum atomic E-state index is -0.727. The van der Waals surface area contributed by atoms with Crippen molar-refractivity contribution in [1.82, 2.24) is 4.98 Å². The lowest BCUT2D eigenvalue weighted by molar-refractivity contribution is -0.129. The van der Waals surface area contributed by atoms with Gasteiger partial charge < -0.3 is 15.0 Å². The molecule has 1 N–H and O–H groups in total. The summed E-state index contributed by atoms with van der Waals surface area (Å²) in [6.07, 6.45) is 0.460. The van der Waals surface area contributed by atoms with Gasteiger partial charge in [-0.05, 0) is 42.8 Å². The summed E-state index contributed by atoms with van der Waals surface area (Å²) in [6.45, 7) is 0.492. The number of rotatable bonds is 4. The van der Waals surface area contributed by atoms with Crippen LogP contribution in [0.15, 0.2) is 42.5 Å². The third-order valence-electron chi connectivity index (χ3n) is 4.49. The van der Waals surface area contributed by atoms with E-state index in [2.05, 4.69) is 10.3 Å². The number of nitrogens with one attached hydrogen (secondary N) is 1. The number of nitrogens with zero attached hydrogens (tertiary/aromatic N) is 2. The molecule has 138 valence electrons. The summed E-state index contributed by atoms with van der Waals surface area (Å²) in [5.74, 6) is -0.632. The molecule has 1 aromatic heterocycles. The zero-order chi connectivity index (χ0) is 19.0. The molecule has 1 aliphatic rings. The van der Waals surface area contributed by atoms with Crippen LogP contribution in [-0.2, 0) is 9.59 Å². The fraction of sp³-hybridized carbons (Fsp3) is 0.211. The average molecular weight is 402 g/mol. The Morgan fingerprint density at radius 2 is 2.07 bits per heavy atom. The van der Waals surface area contributed by atoms with Crippen molar-refractivity contribution in [3.8, 4) is 5.75 Å². The van der Waals surface area contributed by atoms with Crippen LogP contribution in [0.2, 0.25) is 5.02 Å². The maximum Gasteiger partial charge on any atom is 0.239 e. The number of thiazole rings is 1. The van der Waals surface area contributed by atoms with E-state index in [0.29, 0.717) is 34.4 Å². The number of carbonyl (C=O) groups is 2. The first-order valence-electron chi connectivity index (χ1n) is 8.38. The number of amides is 2. The summed E-state index contributed by atoms with van der Waals surface area (Å²) in [6, 6.07) is 12.6. The number of methoxy groups -OCH3 is 1. The van der Waals surface area contributed by atoms with Crippen LogP contribution in [0.3, 0.4) is 0 Å². The summed E-state index contributed by atoms with van der Waals surface area (Å²) in [7, 11) is 1.58. The molecule has 3 aromatic rings. The van der Waals surface area contributed by atoms with Crippen LogP contribution < -0.4 is 15.0 Å². The smallest absolute Gasteiger partial charge is 0.239 e. The Kier molecular flexibility index (Phi) is 4.72. The molecule has 2 amide bonds. The van der Waals surface area contributed by atoms with Crippen LogP contribution in [0.1, 0.15) is 6.42 Å². The van der Waals surface area contributed by atoms with Gasteiger partial charge in [-0.25, -0.2) is 4.98 Å². The Labute approximate surface area is 164 Å². The minimum absolute atomic E-state index is 0.214. The van der Waals surface area contributed by atoms with Crippen molar-refractivity contribution in [2.75, 3.05) is 23.9 Å². The quantitative estimate of drug-likeness (QED) is 0.672. The van der Waals surface area contributed by atoms with Crippen molar-refractivity contribution in [2.24, 2.45) is 5.92 Å². The lowest BCUT2D eigenvalue weighted by atomic mass is 10.1. The Bertz CT molecular complexity index is 1020. The van der Waals surface area contributed by atoms with Crippen LogP contribution >= 0.6 is 22.9 Å². The van der Waals surface area contributed by atoms with Crippen molar-refractivity contribution in [3.63, 3.8) is 0 Å². The van der Waals surface area contributed by atoms with Crippen molar-refractivity contribution in [1.29, 1.82) is 0 Å². The van der Waals surface area contributed by atoms with Gasteiger partial charge in [-0.1, -0.05) is 29.0 Å². The number of fused-ring (bicyclic) bond motifs is 1. The molecule has 1 aliphatic heterocycles. The van der Waals surface area contributed by atoms with E-state index in [9.17, 15) is 9.59 Å². The van der Waals surface area contributed by atoms with Crippen LogP contribution in [-0.4, -0.2) is 30.5 Å². The number of ether oxygens (including phenoxy) is 1. The molecule has 1 unspecified atom stereocenters. The molecule has 0 saturated carbocycles. The second kappa shape index (κ2) is 7.17. The van der Waals surface area contributed by atoms with E-state index in [1.165, 1.54) is 11.3 Å². The van der Waals surface area contributed by atoms with Gasteiger partial charge >= 0.3 is 0 Å². The molecule has 1 saturated heterocycles. The van der Waals surface area contributed by atoms with Crippen molar-refractivity contribution in [2.45, 2.75) is 6.42 Å². The number of hydrogen-bond acceptors (Lipinski definition) is 5. The molecule has 0 spiro atoms. The van der Waals surface area contributed by atoms with E-state index in [-0.39, 0.29) is 11.8 Å². The summed E-state index contributed by atoms with van der Waals surface area (Å²) < 4.78 is 6.20. The van der Waals surface area contributed by atoms with Crippen LogP contribution in [0, 0.1) is 5.92 Å². The molecular weight excluding hydrogens is 386 g/mol. The first kappa shape index (κ1) is 17.8. The number of aromatic nitrogens is 1. The zero-order valence-electron chi connectivity index (χ0n) is 14.4. The number of benzene rings is 2. The third kappa shape index (κ3) is 3.36.